The van der Waals surface area contributed by atoms with E-state index in [-0.39, 0.29) is 17.3 Å². The summed E-state index contributed by atoms with van der Waals surface area (Å²) in [6, 6.07) is 16.3. The van der Waals surface area contributed by atoms with Gasteiger partial charge in [0.25, 0.3) is 5.56 Å². The molecule has 0 fully saturated rings. The van der Waals surface area contributed by atoms with Crippen molar-refractivity contribution in [2.75, 3.05) is 5.32 Å². The molecule has 2 aromatic carbocycles. The van der Waals surface area contributed by atoms with E-state index in [1.54, 1.807) is 0 Å². The Balaban J connectivity index is 1.88. The minimum atomic E-state index is -0.633. The highest BCUT2D eigenvalue weighted by atomic mass is 32.2. The number of halogens is 1. The number of benzene rings is 2. The fourth-order valence-corrected chi connectivity index (χ4v) is 3.69. The lowest BCUT2D eigenvalue weighted by molar-refractivity contribution is -0.115. The number of rotatable bonds is 7. The lowest BCUT2D eigenvalue weighted by atomic mass is 10.1. The van der Waals surface area contributed by atoms with Crippen LogP contribution in [0.25, 0.3) is 0 Å². The van der Waals surface area contributed by atoms with Gasteiger partial charge >= 0.3 is 0 Å². The Morgan fingerprint density at radius 3 is 2.57 bits per heavy atom. The number of nitrogens with zero attached hydrogens (tertiary/aromatic N) is 1. The molecule has 0 saturated carbocycles. The number of carbonyl (C=O) groups excluding carboxylic acids is 1. The van der Waals surface area contributed by atoms with Gasteiger partial charge in [0.15, 0.2) is 5.16 Å². The van der Waals surface area contributed by atoms with E-state index in [9.17, 15) is 14.0 Å². The van der Waals surface area contributed by atoms with Crippen LogP contribution in [0.3, 0.4) is 0 Å². The second kappa shape index (κ2) is 9.32. The van der Waals surface area contributed by atoms with E-state index >= 15 is 0 Å². The molecule has 0 aliphatic carbocycles. The molecule has 5 nitrogen and oxygen atoms in total. The van der Waals surface area contributed by atoms with Gasteiger partial charge in [0.1, 0.15) is 11.1 Å². The standard InChI is InChI=1S/C21H20FN3O2S/c1-2-6-17-13-18(26)25-21(24-17)28-19(14-7-4-3-5-8-14)20(27)23-16-11-9-15(22)10-12-16/h3-5,7-13,19H,2,6H2,1H3,(H,23,27)(H,24,25,26). The lowest BCUT2D eigenvalue weighted by Gasteiger charge is -2.17. The van der Waals surface area contributed by atoms with Gasteiger partial charge in [-0.15, -0.1) is 0 Å². The van der Waals surface area contributed by atoms with Crippen LogP contribution < -0.4 is 10.9 Å². The molecule has 1 atom stereocenters. The molecular formula is C21H20FN3O2S. The number of anilines is 1. The second-order valence-electron chi connectivity index (χ2n) is 6.20. The molecule has 0 bridgehead atoms. The van der Waals surface area contributed by atoms with E-state index in [1.807, 2.05) is 37.3 Å². The van der Waals surface area contributed by atoms with Crippen LogP contribution >= 0.6 is 11.8 Å². The number of H-pyrrole nitrogens is 1. The average Bonchev–Trinajstić information content (AvgIpc) is 2.68. The maximum atomic E-state index is 13.1. The molecule has 2 N–H and O–H groups in total. The van der Waals surface area contributed by atoms with Gasteiger partial charge in [-0.05, 0) is 36.2 Å². The van der Waals surface area contributed by atoms with E-state index < -0.39 is 5.25 Å². The van der Waals surface area contributed by atoms with Gasteiger partial charge in [0.05, 0.1) is 0 Å². The van der Waals surface area contributed by atoms with Crippen LogP contribution in [-0.2, 0) is 11.2 Å². The van der Waals surface area contributed by atoms with Crippen molar-refractivity contribution in [3.8, 4) is 0 Å². The summed E-state index contributed by atoms with van der Waals surface area (Å²) >= 11 is 1.17. The van der Waals surface area contributed by atoms with E-state index in [0.717, 1.165) is 12.0 Å². The van der Waals surface area contributed by atoms with Crippen LogP contribution in [0.1, 0.15) is 29.9 Å². The highest BCUT2D eigenvalue weighted by Crippen LogP contribution is 2.34. The fraction of sp³-hybridized carbons (Fsp3) is 0.190. The normalized spacial score (nSPS) is 11.8. The lowest BCUT2D eigenvalue weighted by Crippen LogP contribution is -2.20. The molecule has 3 rings (SSSR count). The first-order valence-corrected chi connectivity index (χ1v) is 9.81. The zero-order valence-corrected chi connectivity index (χ0v) is 16.1. The van der Waals surface area contributed by atoms with Crippen LogP contribution in [0.5, 0.6) is 0 Å². The Morgan fingerprint density at radius 2 is 1.89 bits per heavy atom. The van der Waals surface area contributed by atoms with Crippen molar-refractivity contribution < 1.29 is 9.18 Å². The smallest absolute Gasteiger partial charge is 0.251 e. The summed E-state index contributed by atoms with van der Waals surface area (Å²) in [6.07, 6.45) is 1.56. The van der Waals surface area contributed by atoms with Crippen molar-refractivity contribution in [1.29, 1.82) is 0 Å². The Bertz CT molecular complexity index is 991. The third-order valence-corrected chi connectivity index (χ3v) is 5.10. The minimum absolute atomic E-state index is 0.244. The summed E-state index contributed by atoms with van der Waals surface area (Å²) in [5, 5.41) is 2.55. The van der Waals surface area contributed by atoms with Crippen molar-refractivity contribution in [2.45, 2.75) is 30.2 Å². The Morgan fingerprint density at radius 1 is 1.18 bits per heavy atom. The number of nitrogens with one attached hydrogen (secondary N) is 2. The van der Waals surface area contributed by atoms with Crippen LogP contribution in [0.15, 0.2) is 70.6 Å². The maximum absolute atomic E-state index is 13.1. The third-order valence-electron chi connectivity index (χ3n) is 3.96. The Labute approximate surface area is 166 Å². The molecule has 1 unspecified atom stereocenters. The number of aryl methyl sites for hydroxylation is 1. The molecule has 0 aliphatic rings. The fourth-order valence-electron chi connectivity index (χ4n) is 2.68. The predicted molar refractivity (Wildman–Crippen MR) is 109 cm³/mol. The molecule has 7 heteroatoms. The average molecular weight is 397 g/mol. The van der Waals surface area contributed by atoms with Crippen molar-refractivity contribution in [2.24, 2.45) is 0 Å². The first-order chi connectivity index (χ1) is 13.5. The van der Waals surface area contributed by atoms with Crippen LogP contribution in [0.2, 0.25) is 0 Å². The monoisotopic (exact) mass is 397 g/mol. The molecular weight excluding hydrogens is 377 g/mol. The molecule has 0 aliphatic heterocycles. The van der Waals surface area contributed by atoms with Gasteiger partial charge < -0.3 is 10.3 Å². The van der Waals surface area contributed by atoms with Gasteiger partial charge in [0.2, 0.25) is 5.91 Å². The highest BCUT2D eigenvalue weighted by molar-refractivity contribution is 8.00. The van der Waals surface area contributed by atoms with Crippen LogP contribution in [-0.4, -0.2) is 15.9 Å². The van der Waals surface area contributed by atoms with Crippen molar-refractivity contribution >= 4 is 23.4 Å². The third kappa shape index (κ3) is 5.29. The van der Waals surface area contributed by atoms with Gasteiger partial charge in [-0.2, -0.15) is 0 Å². The highest BCUT2D eigenvalue weighted by Gasteiger charge is 2.23. The van der Waals surface area contributed by atoms with Gasteiger partial charge in [-0.25, -0.2) is 9.37 Å². The number of thioether (sulfide) groups is 1. The van der Waals surface area contributed by atoms with E-state index in [4.69, 9.17) is 0 Å². The minimum Gasteiger partial charge on any atom is -0.325 e. The van der Waals surface area contributed by atoms with Crippen molar-refractivity contribution in [3.63, 3.8) is 0 Å². The molecule has 28 heavy (non-hydrogen) atoms. The zero-order valence-electron chi connectivity index (χ0n) is 15.3. The summed E-state index contributed by atoms with van der Waals surface area (Å²) in [7, 11) is 0. The van der Waals surface area contributed by atoms with Gasteiger partial charge in [0, 0.05) is 17.4 Å². The molecule has 3 aromatic rings. The number of hydrogen-bond acceptors (Lipinski definition) is 4. The van der Waals surface area contributed by atoms with E-state index in [1.165, 1.54) is 42.1 Å². The summed E-state index contributed by atoms with van der Waals surface area (Å²) in [5.74, 6) is -0.659. The summed E-state index contributed by atoms with van der Waals surface area (Å²) in [5.41, 5.74) is 1.72. The number of aromatic amines is 1. The Hall–Kier alpha value is -2.93. The molecule has 0 radical (unpaired) electrons. The van der Waals surface area contributed by atoms with E-state index in [2.05, 4.69) is 15.3 Å². The summed E-state index contributed by atoms with van der Waals surface area (Å²) < 4.78 is 13.1. The number of carbonyl (C=O) groups is 1. The number of amides is 1. The molecule has 0 saturated heterocycles. The topological polar surface area (TPSA) is 74.8 Å². The summed E-state index contributed by atoms with van der Waals surface area (Å²) in [6.45, 7) is 2.01. The van der Waals surface area contributed by atoms with Gasteiger partial charge in [-0.3, -0.25) is 9.59 Å². The molecule has 1 amide bonds. The quantitative estimate of drug-likeness (QED) is 0.460. The van der Waals surface area contributed by atoms with Gasteiger partial charge in [-0.1, -0.05) is 55.4 Å². The largest absolute Gasteiger partial charge is 0.325 e. The van der Waals surface area contributed by atoms with Crippen LogP contribution in [0.4, 0.5) is 10.1 Å². The Kier molecular flexibility index (Phi) is 6.60. The molecule has 0 spiro atoms. The first-order valence-electron chi connectivity index (χ1n) is 8.93. The van der Waals surface area contributed by atoms with Crippen LogP contribution in [0, 0.1) is 5.82 Å². The predicted octanol–water partition coefficient (Wildman–Crippen LogP) is 4.33. The van der Waals surface area contributed by atoms with E-state index in [0.29, 0.717) is 23.0 Å². The first kappa shape index (κ1) is 19.8. The molecule has 1 aromatic heterocycles. The maximum Gasteiger partial charge on any atom is 0.251 e. The number of hydrogen-bond donors (Lipinski definition) is 2. The number of aromatic nitrogens is 2. The van der Waals surface area contributed by atoms with Crippen molar-refractivity contribution in [1.82, 2.24) is 9.97 Å². The second-order valence-corrected chi connectivity index (χ2v) is 7.29. The van der Waals surface area contributed by atoms with Crippen molar-refractivity contribution in [3.05, 3.63) is 88.1 Å². The summed E-state index contributed by atoms with van der Waals surface area (Å²) in [4.78, 5) is 32.1. The molecule has 1 heterocycles. The molecule has 144 valence electrons. The SMILES string of the molecule is CCCc1cc(=O)[nH]c(SC(C(=O)Nc2ccc(F)cc2)c2ccccc2)n1. The zero-order chi connectivity index (χ0) is 19.9.